The molecule has 0 aromatic heterocycles. The maximum atomic E-state index is 12.2. The maximum Gasteiger partial charge on any atom is 0.317 e. The average Bonchev–Trinajstić information content (AvgIpc) is 2.47. The first kappa shape index (κ1) is 17.7. The highest BCUT2D eigenvalue weighted by Crippen LogP contribution is 2.13. The van der Waals surface area contributed by atoms with Gasteiger partial charge >= 0.3 is 6.03 Å². The van der Waals surface area contributed by atoms with Crippen LogP contribution in [0.1, 0.15) is 12.5 Å². The second-order valence-electron chi connectivity index (χ2n) is 6.12. The van der Waals surface area contributed by atoms with E-state index >= 15 is 0 Å². The molecule has 1 aliphatic heterocycles. The van der Waals surface area contributed by atoms with Crippen molar-refractivity contribution in [1.82, 2.24) is 15.1 Å². The number of piperazine rings is 1. The second kappa shape index (κ2) is 7.79. The summed E-state index contributed by atoms with van der Waals surface area (Å²) in [6.07, 6.45) is 1.17. The van der Waals surface area contributed by atoms with Crippen molar-refractivity contribution in [2.24, 2.45) is 0 Å². The molecule has 0 radical (unpaired) electrons. The summed E-state index contributed by atoms with van der Waals surface area (Å²) in [7, 11) is -3.05. The number of benzene rings is 1. The molecule has 0 aliphatic carbocycles. The van der Waals surface area contributed by atoms with Gasteiger partial charge in [0.25, 0.3) is 0 Å². The van der Waals surface area contributed by atoms with E-state index in [1.54, 1.807) is 4.90 Å². The molecule has 2 amide bonds. The van der Waals surface area contributed by atoms with Crippen LogP contribution in [-0.4, -0.2) is 68.5 Å². The van der Waals surface area contributed by atoms with Gasteiger partial charge in [-0.25, -0.2) is 13.2 Å². The van der Waals surface area contributed by atoms with Gasteiger partial charge in [0.1, 0.15) is 9.84 Å². The van der Waals surface area contributed by atoms with Crippen molar-refractivity contribution in [2.75, 3.05) is 38.2 Å². The monoisotopic (exact) mass is 339 g/mol. The smallest absolute Gasteiger partial charge is 0.317 e. The van der Waals surface area contributed by atoms with Gasteiger partial charge in [0.05, 0.1) is 5.75 Å². The molecule has 1 atom stereocenters. The Kier molecular flexibility index (Phi) is 6.01. The first-order valence-electron chi connectivity index (χ1n) is 7.83. The Labute approximate surface area is 138 Å². The number of nitrogens with one attached hydrogen (secondary N) is 1. The molecule has 0 spiro atoms. The lowest BCUT2D eigenvalue weighted by atomic mass is 10.1. The number of urea groups is 1. The minimum absolute atomic E-state index is 0.0267. The summed E-state index contributed by atoms with van der Waals surface area (Å²) in [5, 5.41) is 2.69. The molecule has 23 heavy (non-hydrogen) atoms. The fraction of sp³-hybridized carbons (Fsp3) is 0.562. The number of carbonyl (C=O) groups is 1. The van der Waals surface area contributed by atoms with Crippen LogP contribution in [0.5, 0.6) is 0 Å². The minimum atomic E-state index is -3.05. The first-order valence-corrected chi connectivity index (χ1v) is 9.90. The molecule has 1 saturated heterocycles. The summed E-state index contributed by atoms with van der Waals surface area (Å²) in [5.41, 5.74) is 1.27. The normalized spacial score (nSPS) is 19.6. The zero-order valence-electron chi connectivity index (χ0n) is 13.7. The van der Waals surface area contributed by atoms with Crippen LogP contribution < -0.4 is 5.32 Å². The van der Waals surface area contributed by atoms with Crippen molar-refractivity contribution >= 4 is 15.9 Å². The summed E-state index contributed by atoms with van der Waals surface area (Å²) in [5.74, 6) is -0.0267. The SMILES string of the molecule is C[C@@H]1CN(Cc2ccccc2)CCN1C(=O)NCCS(C)(=O)=O. The Balaban J connectivity index is 1.80. The van der Waals surface area contributed by atoms with Gasteiger partial charge in [-0.3, -0.25) is 4.90 Å². The zero-order chi connectivity index (χ0) is 16.9. The Morgan fingerprint density at radius 1 is 1.26 bits per heavy atom. The summed E-state index contributed by atoms with van der Waals surface area (Å²) < 4.78 is 22.2. The molecule has 0 saturated carbocycles. The Morgan fingerprint density at radius 3 is 2.57 bits per heavy atom. The largest absolute Gasteiger partial charge is 0.337 e. The number of hydrogen-bond donors (Lipinski definition) is 1. The molecule has 1 aromatic carbocycles. The minimum Gasteiger partial charge on any atom is -0.337 e. The third-order valence-electron chi connectivity index (χ3n) is 3.97. The van der Waals surface area contributed by atoms with E-state index in [0.717, 1.165) is 19.6 Å². The first-order chi connectivity index (χ1) is 10.8. The van der Waals surface area contributed by atoms with Crippen molar-refractivity contribution in [1.29, 1.82) is 0 Å². The third kappa shape index (κ3) is 5.84. The van der Waals surface area contributed by atoms with Gasteiger partial charge < -0.3 is 10.2 Å². The number of nitrogens with zero attached hydrogens (tertiary/aromatic N) is 2. The molecule has 128 valence electrons. The topological polar surface area (TPSA) is 69.7 Å². The van der Waals surface area contributed by atoms with E-state index in [9.17, 15) is 13.2 Å². The number of amides is 2. The Bertz CT molecular complexity index is 619. The van der Waals surface area contributed by atoms with Gasteiger partial charge in [-0.2, -0.15) is 0 Å². The predicted molar refractivity (Wildman–Crippen MR) is 91.0 cm³/mol. The molecular weight excluding hydrogens is 314 g/mol. The van der Waals surface area contributed by atoms with Crippen LogP contribution in [0.15, 0.2) is 30.3 Å². The van der Waals surface area contributed by atoms with Crippen LogP contribution in [0.25, 0.3) is 0 Å². The molecule has 1 aliphatic rings. The van der Waals surface area contributed by atoms with Crippen LogP contribution in [-0.2, 0) is 16.4 Å². The molecule has 2 rings (SSSR count). The summed E-state index contributed by atoms with van der Waals surface area (Å²) >= 11 is 0. The van der Waals surface area contributed by atoms with Crippen molar-refractivity contribution in [3.63, 3.8) is 0 Å². The lowest BCUT2D eigenvalue weighted by Crippen LogP contribution is -2.56. The molecule has 1 N–H and O–H groups in total. The lowest BCUT2D eigenvalue weighted by Gasteiger charge is -2.39. The lowest BCUT2D eigenvalue weighted by molar-refractivity contribution is 0.0978. The third-order valence-corrected chi connectivity index (χ3v) is 4.92. The van der Waals surface area contributed by atoms with E-state index in [4.69, 9.17) is 0 Å². The van der Waals surface area contributed by atoms with Gasteiger partial charge in [0, 0.05) is 45.0 Å². The van der Waals surface area contributed by atoms with Crippen LogP contribution >= 0.6 is 0 Å². The van der Waals surface area contributed by atoms with E-state index in [1.165, 1.54) is 11.8 Å². The van der Waals surface area contributed by atoms with Crippen molar-refractivity contribution in [2.45, 2.75) is 19.5 Å². The van der Waals surface area contributed by atoms with E-state index < -0.39 is 9.84 Å². The summed E-state index contributed by atoms with van der Waals surface area (Å²) in [6.45, 7) is 5.35. The van der Waals surface area contributed by atoms with Gasteiger partial charge in [-0.1, -0.05) is 30.3 Å². The van der Waals surface area contributed by atoms with Gasteiger partial charge in [0.15, 0.2) is 0 Å². The van der Waals surface area contributed by atoms with E-state index in [-0.39, 0.29) is 24.4 Å². The van der Waals surface area contributed by atoms with Crippen LogP contribution in [0.2, 0.25) is 0 Å². The van der Waals surface area contributed by atoms with Crippen molar-refractivity contribution < 1.29 is 13.2 Å². The maximum absolute atomic E-state index is 12.2. The molecule has 1 heterocycles. The fourth-order valence-electron chi connectivity index (χ4n) is 2.76. The number of carbonyl (C=O) groups excluding carboxylic acids is 1. The highest BCUT2D eigenvalue weighted by molar-refractivity contribution is 7.90. The molecule has 0 bridgehead atoms. The van der Waals surface area contributed by atoms with Crippen molar-refractivity contribution in [3.05, 3.63) is 35.9 Å². The average molecular weight is 339 g/mol. The van der Waals surface area contributed by atoms with Crippen LogP contribution in [0.4, 0.5) is 4.79 Å². The van der Waals surface area contributed by atoms with E-state index in [1.807, 2.05) is 25.1 Å². The number of rotatable bonds is 5. The molecular formula is C16H25N3O3S. The number of sulfone groups is 1. The summed E-state index contributed by atoms with van der Waals surface area (Å²) in [6, 6.07) is 10.2. The predicted octanol–water partition coefficient (Wildman–Crippen LogP) is 0.947. The standard InChI is InChI=1S/C16H25N3O3S/c1-14-12-18(13-15-6-4-3-5-7-15)9-10-19(14)16(20)17-8-11-23(2,21)22/h3-7,14H,8-13H2,1-2H3,(H,17,20)/t14-/m1/s1. The van der Waals surface area contributed by atoms with Crippen LogP contribution in [0, 0.1) is 0 Å². The summed E-state index contributed by atoms with van der Waals surface area (Å²) in [4.78, 5) is 16.3. The Morgan fingerprint density at radius 2 is 1.96 bits per heavy atom. The van der Waals surface area contributed by atoms with Gasteiger partial charge in [-0.15, -0.1) is 0 Å². The van der Waals surface area contributed by atoms with Crippen molar-refractivity contribution in [3.8, 4) is 0 Å². The number of hydrogen-bond acceptors (Lipinski definition) is 4. The highest BCUT2D eigenvalue weighted by atomic mass is 32.2. The quantitative estimate of drug-likeness (QED) is 0.867. The highest BCUT2D eigenvalue weighted by Gasteiger charge is 2.27. The second-order valence-corrected chi connectivity index (χ2v) is 8.38. The molecule has 6 nitrogen and oxygen atoms in total. The van der Waals surface area contributed by atoms with Gasteiger partial charge in [0.2, 0.25) is 0 Å². The van der Waals surface area contributed by atoms with E-state index in [2.05, 4.69) is 22.3 Å². The molecule has 0 unspecified atom stereocenters. The van der Waals surface area contributed by atoms with E-state index in [0.29, 0.717) is 6.54 Å². The zero-order valence-corrected chi connectivity index (χ0v) is 14.6. The molecule has 7 heteroatoms. The molecule has 1 fully saturated rings. The Hall–Kier alpha value is -1.60. The van der Waals surface area contributed by atoms with Gasteiger partial charge in [-0.05, 0) is 12.5 Å². The van der Waals surface area contributed by atoms with Crippen LogP contribution in [0.3, 0.4) is 0 Å². The molecule has 1 aromatic rings. The fourth-order valence-corrected chi connectivity index (χ4v) is 3.24.